The molecule has 12 nitrogen and oxygen atoms in total. The zero-order valence-electron chi connectivity index (χ0n) is 24.2. The second-order valence-corrected chi connectivity index (χ2v) is 9.81. The Bertz CT molecular complexity index is 1470. The summed E-state index contributed by atoms with van der Waals surface area (Å²) in [6.07, 6.45) is 5.37. The van der Waals surface area contributed by atoms with E-state index in [0.717, 1.165) is 32.0 Å². The monoisotopic (exact) mass is 610 g/mol. The molecule has 1 aliphatic rings. The first-order valence-electron chi connectivity index (χ1n) is 13.4. The quantitative estimate of drug-likeness (QED) is 0.221. The van der Waals surface area contributed by atoms with Gasteiger partial charge in [0.15, 0.2) is 17.7 Å². The van der Waals surface area contributed by atoms with Crippen molar-refractivity contribution in [3.63, 3.8) is 0 Å². The van der Waals surface area contributed by atoms with Crippen LogP contribution in [-0.2, 0) is 4.74 Å². The summed E-state index contributed by atoms with van der Waals surface area (Å²) in [6.45, 7) is 1.90. The zero-order valence-corrected chi connectivity index (χ0v) is 24.9. The Labute approximate surface area is 254 Å². The van der Waals surface area contributed by atoms with Gasteiger partial charge in [0.05, 0.1) is 21.7 Å². The fraction of sp³-hybridized carbons (Fsp3) is 0.300. The number of methoxy groups -OCH3 is 1. The van der Waals surface area contributed by atoms with Gasteiger partial charge < -0.3 is 35.4 Å². The van der Waals surface area contributed by atoms with E-state index in [-0.39, 0.29) is 39.5 Å². The Morgan fingerprint density at radius 1 is 1.12 bits per heavy atom. The number of hydrogen-bond acceptors (Lipinski definition) is 11. The van der Waals surface area contributed by atoms with Gasteiger partial charge in [-0.05, 0) is 37.4 Å². The molecule has 0 aliphatic carbocycles. The minimum atomic E-state index is -0.404. The highest BCUT2D eigenvalue weighted by Gasteiger charge is 2.28. The lowest BCUT2D eigenvalue weighted by atomic mass is 9.96. The van der Waals surface area contributed by atoms with E-state index >= 15 is 0 Å². The number of benzene rings is 2. The van der Waals surface area contributed by atoms with Crippen LogP contribution in [0, 0.1) is 5.92 Å². The van der Waals surface area contributed by atoms with Gasteiger partial charge in [-0.15, -0.1) is 0 Å². The summed E-state index contributed by atoms with van der Waals surface area (Å²) >= 11 is 6.07. The molecular formula is C30H35ClN6O6. The van der Waals surface area contributed by atoms with Crippen molar-refractivity contribution in [3.8, 4) is 33.9 Å². The number of rotatable bonds is 7. The largest absolute Gasteiger partial charge is 0.507 e. The van der Waals surface area contributed by atoms with E-state index in [1.54, 1.807) is 14.2 Å². The molecule has 5 rings (SSSR count). The normalized spacial score (nSPS) is 12.8. The van der Waals surface area contributed by atoms with Gasteiger partial charge in [0.2, 0.25) is 5.95 Å². The number of nitrogens with two attached hydrogens (primary N) is 1. The van der Waals surface area contributed by atoms with Crippen molar-refractivity contribution in [1.29, 1.82) is 0 Å². The number of piperidine rings is 1. The average molecular weight is 611 g/mol. The van der Waals surface area contributed by atoms with E-state index in [4.69, 9.17) is 16.1 Å². The Morgan fingerprint density at radius 2 is 1.74 bits per heavy atom. The lowest BCUT2D eigenvalue weighted by Crippen LogP contribution is -2.39. The summed E-state index contributed by atoms with van der Waals surface area (Å²) in [7, 11) is 4.75. The highest BCUT2D eigenvalue weighted by atomic mass is 35.5. The molecule has 13 heteroatoms. The number of halogens is 1. The maximum absolute atomic E-state index is 13.3. The number of aromatic hydroxyl groups is 2. The first-order chi connectivity index (χ1) is 20.9. The third kappa shape index (κ3) is 8.28. The summed E-state index contributed by atoms with van der Waals surface area (Å²) in [6, 6.07) is 11.6. The van der Waals surface area contributed by atoms with Gasteiger partial charge in [0, 0.05) is 52.3 Å². The van der Waals surface area contributed by atoms with Crippen molar-refractivity contribution < 1.29 is 29.1 Å². The second kappa shape index (κ2) is 16.2. The number of phenols is 2. The second-order valence-electron chi connectivity index (χ2n) is 9.41. The molecule has 0 unspecified atom stereocenters. The molecule has 1 aliphatic heterocycles. The number of nitrogens with one attached hydrogen (secondary N) is 1. The summed E-state index contributed by atoms with van der Waals surface area (Å²) in [4.78, 5) is 34.6. The maximum atomic E-state index is 13.3. The SMILES string of the molecule is CN.COC.O=Cc1cnc(N2CCC(CNC(=O)c3noc(-c4cc(Cl)c(O)cc4O)c3-c3ccccc3)CC2)nc1. The van der Waals surface area contributed by atoms with Crippen LogP contribution < -0.4 is 16.0 Å². The standard InChI is InChI=1S/C27H24ClN5O5.C2H6O.CH5N/c28-20-10-19(21(35)11-22(20)36)25-23(18-4-2-1-3-5-18)24(32-38-25)26(37)29-12-16-6-8-33(9-7-16)27-30-13-17(15-34)14-31-27;1-3-2;1-2/h1-5,10-11,13-16,35-36H,6-9,12H2,(H,29,37);1-2H3;2H2,1H3. The van der Waals surface area contributed by atoms with Crippen LogP contribution in [0.25, 0.3) is 22.5 Å². The number of nitrogens with zero attached hydrogens (tertiary/aromatic N) is 4. The molecule has 43 heavy (non-hydrogen) atoms. The number of aldehydes is 1. The predicted molar refractivity (Wildman–Crippen MR) is 163 cm³/mol. The van der Waals surface area contributed by atoms with Crippen LogP contribution in [0.2, 0.25) is 5.02 Å². The molecule has 1 fully saturated rings. The van der Waals surface area contributed by atoms with E-state index in [2.05, 4.69) is 35.8 Å². The van der Waals surface area contributed by atoms with Gasteiger partial charge in [0.25, 0.3) is 5.91 Å². The Morgan fingerprint density at radius 3 is 2.35 bits per heavy atom. The molecule has 5 N–H and O–H groups in total. The summed E-state index contributed by atoms with van der Waals surface area (Å²) in [5.41, 5.74) is 6.29. The van der Waals surface area contributed by atoms with Crippen LogP contribution in [0.5, 0.6) is 11.5 Å². The highest BCUT2D eigenvalue weighted by molar-refractivity contribution is 6.32. The van der Waals surface area contributed by atoms with E-state index < -0.39 is 5.91 Å². The number of carbonyl (C=O) groups is 2. The minimum Gasteiger partial charge on any atom is -0.507 e. The Balaban J connectivity index is 0.000000953. The first-order valence-corrected chi connectivity index (χ1v) is 13.8. The molecule has 2 aromatic carbocycles. The van der Waals surface area contributed by atoms with Crippen LogP contribution in [0.4, 0.5) is 5.95 Å². The molecule has 1 saturated heterocycles. The van der Waals surface area contributed by atoms with Crippen LogP contribution in [-0.4, -0.2) is 78.4 Å². The molecule has 0 radical (unpaired) electrons. The number of carbonyl (C=O) groups excluding carboxylic acids is 2. The molecule has 0 saturated carbocycles. The first kappa shape index (κ1) is 33.0. The average Bonchev–Trinajstić information content (AvgIpc) is 3.49. The van der Waals surface area contributed by atoms with Crippen molar-refractivity contribution in [1.82, 2.24) is 20.4 Å². The van der Waals surface area contributed by atoms with E-state index in [0.29, 0.717) is 35.5 Å². The van der Waals surface area contributed by atoms with Crippen molar-refractivity contribution in [3.05, 3.63) is 71.1 Å². The lowest BCUT2D eigenvalue weighted by Gasteiger charge is -2.31. The van der Waals surface area contributed by atoms with Crippen LogP contribution in [0.3, 0.4) is 0 Å². The molecule has 0 atom stereocenters. The number of amides is 1. The van der Waals surface area contributed by atoms with Gasteiger partial charge in [-0.2, -0.15) is 0 Å². The van der Waals surface area contributed by atoms with Crippen molar-refractivity contribution in [2.75, 3.05) is 45.8 Å². The molecule has 2 aromatic heterocycles. The molecule has 4 aromatic rings. The third-order valence-corrected chi connectivity index (χ3v) is 6.83. The highest BCUT2D eigenvalue weighted by Crippen LogP contribution is 2.42. The van der Waals surface area contributed by atoms with E-state index in [9.17, 15) is 19.8 Å². The van der Waals surface area contributed by atoms with Crippen LogP contribution >= 0.6 is 11.6 Å². The fourth-order valence-corrected chi connectivity index (χ4v) is 4.61. The van der Waals surface area contributed by atoms with Gasteiger partial charge >= 0.3 is 0 Å². The smallest absolute Gasteiger partial charge is 0.274 e. The third-order valence-electron chi connectivity index (χ3n) is 6.52. The van der Waals surface area contributed by atoms with E-state index in [1.807, 2.05) is 30.3 Å². The maximum Gasteiger partial charge on any atom is 0.274 e. The molecule has 3 heterocycles. The van der Waals surface area contributed by atoms with Crippen LogP contribution in [0.1, 0.15) is 33.7 Å². The molecule has 1 amide bonds. The predicted octanol–water partition coefficient (Wildman–Crippen LogP) is 4.16. The fourth-order valence-electron chi connectivity index (χ4n) is 4.45. The zero-order chi connectivity index (χ0) is 31.4. The molecule has 0 bridgehead atoms. The van der Waals surface area contributed by atoms with Crippen molar-refractivity contribution in [2.45, 2.75) is 12.8 Å². The number of phenolic OH excluding ortho intramolecular Hbond substituents is 2. The summed E-state index contributed by atoms with van der Waals surface area (Å²) in [5, 5.41) is 27.3. The van der Waals surface area contributed by atoms with Gasteiger partial charge in [-0.25, -0.2) is 9.97 Å². The molecular weight excluding hydrogens is 576 g/mol. The molecule has 0 spiro atoms. The summed E-state index contributed by atoms with van der Waals surface area (Å²) in [5.74, 6) is 0.0494. The minimum absolute atomic E-state index is 0.0237. The Hall–Kier alpha value is -4.52. The number of aromatic nitrogens is 3. The number of anilines is 1. The number of ether oxygens (including phenoxy) is 1. The van der Waals surface area contributed by atoms with Crippen molar-refractivity contribution >= 4 is 29.7 Å². The van der Waals surface area contributed by atoms with Gasteiger partial charge in [0.1, 0.15) is 11.5 Å². The lowest BCUT2D eigenvalue weighted by molar-refractivity contribution is 0.0936. The van der Waals surface area contributed by atoms with E-state index in [1.165, 1.54) is 25.5 Å². The Kier molecular flexibility index (Phi) is 12.4. The van der Waals surface area contributed by atoms with Crippen LogP contribution in [0.15, 0.2) is 59.4 Å². The number of hydrogen-bond donors (Lipinski definition) is 4. The topological polar surface area (TPSA) is 177 Å². The van der Waals surface area contributed by atoms with Crippen molar-refractivity contribution in [2.24, 2.45) is 11.7 Å². The van der Waals surface area contributed by atoms with Gasteiger partial charge in [-0.1, -0.05) is 47.1 Å². The summed E-state index contributed by atoms with van der Waals surface area (Å²) < 4.78 is 9.80. The molecule has 228 valence electrons. The van der Waals surface area contributed by atoms with Gasteiger partial charge in [-0.3, -0.25) is 9.59 Å².